The van der Waals surface area contributed by atoms with Crippen LogP contribution in [0.15, 0.2) is 0 Å². The molecule has 2 N–H and O–H groups in total. The minimum Gasteiger partial charge on any atom is -0.344 e. The minimum absolute atomic E-state index is 0.144. The molecule has 0 aliphatic carbocycles. The summed E-state index contributed by atoms with van der Waals surface area (Å²) in [6.45, 7) is 4.37. The predicted octanol–water partition coefficient (Wildman–Crippen LogP) is 0.256. The van der Waals surface area contributed by atoms with Crippen molar-refractivity contribution in [2.24, 2.45) is 5.92 Å². The number of amides is 1. The Kier molecular flexibility index (Phi) is 5.75. The molecule has 0 saturated carbocycles. The molecule has 0 bridgehead atoms. The number of rotatable bonds is 6. The van der Waals surface area contributed by atoms with E-state index in [-0.39, 0.29) is 23.7 Å². The summed E-state index contributed by atoms with van der Waals surface area (Å²) in [6.07, 6.45) is 1.70. The van der Waals surface area contributed by atoms with Crippen LogP contribution in [0.1, 0.15) is 26.7 Å². The van der Waals surface area contributed by atoms with Gasteiger partial charge in [-0.25, -0.2) is 0 Å². The number of ketones is 2. The summed E-state index contributed by atoms with van der Waals surface area (Å²) < 4.78 is 0. The summed E-state index contributed by atoms with van der Waals surface area (Å²) >= 11 is 5.36. The van der Waals surface area contributed by atoms with E-state index < -0.39 is 17.6 Å². The van der Waals surface area contributed by atoms with Crippen LogP contribution in [-0.4, -0.2) is 42.0 Å². The Labute approximate surface area is 112 Å². The highest BCUT2D eigenvalue weighted by Crippen LogP contribution is 2.09. The van der Waals surface area contributed by atoms with E-state index in [2.05, 4.69) is 10.6 Å². The molecule has 1 saturated heterocycles. The Balaban J connectivity index is 2.65. The summed E-state index contributed by atoms with van der Waals surface area (Å²) in [4.78, 5) is 35.0. The first-order valence-corrected chi connectivity index (χ1v) is 6.67. The number of nitrogens with one attached hydrogen (secondary N) is 2. The largest absolute Gasteiger partial charge is 0.344 e. The molecule has 0 spiro atoms. The van der Waals surface area contributed by atoms with Gasteiger partial charge in [-0.1, -0.05) is 13.8 Å². The molecule has 6 heteroatoms. The molecular weight excluding hydrogens is 256 g/mol. The van der Waals surface area contributed by atoms with Crippen molar-refractivity contribution >= 4 is 29.1 Å². The molecule has 102 valence electrons. The van der Waals surface area contributed by atoms with Crippen LogP contribution in [0.3, 0.4) is 0 Å². The Hall–Kier alpha value is -0.940. The summed E-state index contributed by atoms with van der Waals surface area (Å²) in [5, 5.41) is 5.69. The van der Waals surface area contributed by atoms with E-state index in [1.54, 1.807) is 13.8 Å². The van der Waals surface area contributed by atoms with Gasteiger partial charge in [-0.05, 0) is 25.3 Å². The van der Waals surface area contributed by atoms with Crippen molar-refractivity contribution in [2.75, 3.05) is 12.4 Å². The van der Waals surface area contributed by atoms with Gasteiger partial charge in [0.25, 0.3) is 0 Å². The monoisotopic (exact) mass is 274 g/mol. The zero-order valence-electron chi connectivity index (χ0n) is 10.7. The van der Waals surface area contributed by atoms with Gasteiger partial charge in [-0.3, -0.25) is 14.4 Å². The van der Waals surface area contributed by atoms with Crippen LogP contribution in [0.2, 0.25) is 0 Å². The van der Waals surface area contributed by atoms with Crippen molar-refractivity contribution in [3.05, 3.63) is 0 Å². The average molecular weight is 275 g/mol. The molecule has 2 atom stereocenters. The van der Waals surface area contributed by atoms with Crippen LogP contribution >= 0.6 is 11.6 Å². The maximum Gasteiger partial charge on any atom is 0.237 e. The molecule has 1 rings (SSSR count). The van der Waals surface area contributed by atoms with Crippen molar-refractivity contribution in [1.29, 1.82) is 0 Å². The number of carbonyl (C=O) groups is 3. The van der Waals surface area contributed by atoms with Crippen molar-refractivity contribution in [3.63, 3.8) is 0 Å². The first kappa shape index (κ1) is 15.1. The minimum atomic E-state index is -0.786. The first-order chi connectivity index (χ1) is 8.47. The van der Waals surface area contributed by atoms with Crippen molar-refractivity contribution in [1.82, 2.24) is 10.6 Å². The van der Waals surface area contributed by atoms with Crippen molar-refractivity contribution in [2.45, 2.75) is 38.8 Å². The second-order valence-electron chi connectivity index (χ2n) is 4.80. The van der Waals surface area contributed by atoms with Crippen LogP contribution in [0.5, 0.6) is 0 Å². The third-order valence-corrected chi connectivity index (χ3v) is 3.26. The number of carbonyl (C=O) groups excluding carboxylic acids is 3. The molecule has 5 nitrogen and oxygen atoms in total. The SMILES string of the molecule is CC(C)[C@H](NC(=O)[C@@H]1CCCN1)C(=O)C(=O)CCl. The van der Waals surface area contributed by atoms with Crippen LogP contribution in [0, 0.1) is 5.92 Å². The molecule has 1 fully saturated rings. The van der Waals surface area contributed by atoms with Crippen LogP contribution in [-0.2, 0) is 14.4 Å². The number of halogens is 1. The van der Waals surface area contributed by atoms with Crippen molar-refractivity contribution in [3.8, 4) is 0 Å². The number of hydrogen-bond donors (Lipinski definition) is 2. The van der Waals surface area contributed by atoms with Gasteiger partial charge >= 0.3 is 0 Å². The lowest BCUT2D eigenvalue weighted by atomic mass is 9.97. The normalized spacial score (nSPS) is 20.8. The number of Topliss-reactive ketones (excluding diaryl/α,β-unsaturated/α-hetero) is 2. The van der Waals surface area contributed by atoms with Crippen molar-refractivity contribution < 1.29 is 14.4 Å². The maximum absolute atomic E-state index is 11.9. The lowest BCUT2D eigenvalue weighted by Crippen LogP contribution is -2.52. The molecule has 0 aromatic rings. The summed E-state index contributed by atoms with van der Waals surface area (Å²) in [5.74, 6) is -1.99. The van der Waals surface area contributed by atoms with E-state index in [1.807, 2.05) is 0 Å². The Morgan fingerprint density at radius 2 is 2.06 bits per heavy atom. The standard InChI is InChI=1S/C12H19ClN2O3/c1-7(2)10(11(17)9(16)6-13)15-12(18)8-4-3-5-14-8/h7-8,10,14H,3-6H2,1-2H3,(H,15,18)/t8-,10-/m0/s1. The first-order valence-electron chi connectivity index (χ1n) is 6.14. The van der Waals surface area contributed by atoms with E-state index in [1.165, 1.54) is 0 Å². The predicted molar refractivity (Wildman–Crippen MR) is 68.5 cm³/mol. The molecule has 0 radical (unpaired) electrons. The van der Waals surface area contributed by atoms with Gasteiger partial charge in [-0.2, -0.15) is 0 Å². The second kappa shape index (κ2) is 6.85. The summed E-state index contributed by atoms with van der Waals surface area (Å²) in [6, 6.07) is -1.05. The second-order valence-corrected chi connectivity index (χ2v) is 5.07. The fraction of sp³-hybridized carbons (Fsp3) is 0.750. The fourth-order valence-electron chi connectivity index (χ4n) is 1.94. The van der Waals surface area contributed by atoms with Gasteiger partial charge < -0.3 is 10.6 Å². The molecule has 1 heterocycles. The maximum atomic E-state index is 11.9. The molecular formula is C12H19ClN2O3. The lowest BCUT2D eigenvalue weighted by Gasteiger charge is -2.22. The lowest BCUT2D eigenvalue weighted by molar-refractivity contribution is -0.138. The number of alkyl halides is 1. The fourth-order valence-corrected chi connectivity index (χ4v) is 2.07. The van der Waals surface area contributed by atoms with E-state index in [0.717, 1.165) is 19.4 Å². The van der Waals surface area contributed by atoms with Gasteiger partial charge in [0.2, 0.25) is 17.5 Å². The molecule has 0 aromatic carbocycles. The summed E-state index contributed by atoms with van der Waals surface area (Å²) in [7, 11) is 0. The van der Waals surface area contributed by atoms with Crippen LogP contribution in [0.25, 0.3) is 0 Å². The zero-order valence-corrected chi connectivity index (χ0v) is 11.4. The van der Waals surface area contributed by atoms with Crippen LogP contribution in [0.4, 0.5) is 0 Å². The molecule has 0 aromatic heterocycles. The highest BCUT2D eigenvalue weighted by molar-refractivity contribution is 6.48. The molecule has 1 amide bonds. The highest BCUT2D eigenvalue weighted by atomic mass is 35.5. The Morgan fingerprint density at radius 3 is 2.50 bits per heavy atom. The van der Waals surface area contributed by atoms with Gasteiger partial charge in [0, 0.05) is 0 Å². The zero-order chi connectivity index (χ0) is 13.7. The van der Waals surface area contributed by atoms with Gasteiger partial charge in [0.15, 0.2) is 0 Å². The number of hydrogen-bond acceptors (Lipinski definition) is 4. The molecule has 1 aliphatic rings. The molecule has 1 aliphatic heterocycles. The van der Waals surface area contributed by atoms with E-state index >= 15 is 0 Å². The van der Waals surface area contributed by atoms with E-state index in [9.17, 15) is 14.4 Å². The van der Waals surface area contributed by atoms with Crippen LogP contribution < -0.4 is 10.6 Å². The average Bonchev–Trinajstić information content (AvgIpc) is 2.87. The van der Waals surface area contributed by atoms with E-state index in [0.29, 0.717) is 0 Å². The Morgan fingerprint density at radius 1 is 1.39 bits per heavy atom. The third kappa shape index (κ3) is 3.78. The van der Waals surface area contributed by atoms with Gasteiger partial charge in [-0.15, -0.1) is 11.6 Å². The molecule has 18 heavy (non-hydrogen) atoms. The summed E-state index contributed by atoms with van der Waals surface area (Å²) in [5.41, 5.74) is 0. The highest BCUT2D eigenvalue weighted by Gasteiger charge is 2.31. The Bertz CT molecular complexity index is 338. The molecule has 0 unspecified atom stereocenters. The van der Waals surface area contributed by atoms with Gasteiger partial charge in [0.05, 0.1) is 18.0 Å². The quantitative estimate of drug-likeness (QED) is 0.538. The smallest absolute Gasteiger partial charge is 0.237 e. The topological polar surface area (TPSA) is 75.3 Å². The third-order valence-electron chi connectivity index (χ3n) is 3.02. The van der Waals surface area contributed by atoms with E-state index in [4.69, 9.17) is 11.6 Å². The van der Waals surface area contributed by atoms with Gasteiger partial charge in [0.1, 0.15) is 0 Å².